The molecular weight excluding hydrogens is 454 g/mol. The summed E-state index contributed by atoms with van der Waals surface area (Å²) in [5.74, 6) is -0.507. The van der Waals surface area contributed by atoms with Crippen LogP contribution in [0, 0.1) is 0 Å². The van der Waals surface area contributed by atoms with Crippen molar-refractivity contribution in [2.75, 3.05) is 17.0 Å². The summed E-state index contributed by atoms with van der Waals surface area (Å²) in [6.07, 6.45) is 1.19. The van der Waals surface area contributed by atoms with Crippen LogP contribution in [0.4, 0.5) is 11.4 Å². The third-order valence-electron chi connectivity index (χ3n) is 5.73. The van der Waals surface area contributed by atoms with E-state index in [4.69, 9.17) is 13.9 Å². The number of carbonyl (C=O) groups is 4. The van der Waals surface area contributed by atoms with Crippen LogP contribution in [-0.2, 0) is 20.9 Å². The van der Waals surface area contributed by atoms with Crippen LogP contribution < -0.4 is 19.7 Å². The topological polar surface area (TPSA) is 118 Å². The van der Waals surface area contributed by atoms with Crippen LogP contribution in [0.15, 0.2) is 65.3 Å². The second-order valence-corrected chi connectivity index (χ2v) is 8.11. The Morgan fingerprint density at radius 1 is 1.06 bits per heavy atom. The van der Waals surface area contributed by atoms with Crippen LogP contribution in [-0.4, -0.2) is 41.4 Å². The molecule has 5 rings (SSSR count). The zero-order valence-electron chi connectivity index (χ0n) is 18.7. The van der Waals surface area contributed by atoms with Crippen molar-refractivity contribution >= 4 is 35.0 Å². The molecule has 0 radical (unpaired) electrons. The maximum Gasteiger partial charge on any atom is 0.290 e. The number of benzene rings is 2. The van der Waals surface area contributed by atoms with E-state index in [9.17, 15) is 19.2 Å². The Morgan fingerprint density at radius 3 is 2.54 bits per heavy atom. The SMILES string of the molecule is CC(=O)Nc1ccc(N2C(=O)CC(N(Cc3ccc4c(c3)OCO4)C(=O)c3ccco3)C2=O)cc1. The van der Waals surface area contributed by atoms with E-state index in [-0.39, 0.29) is 31.4 Å². The van der Waals surface area contributed by atoms with Gasteiger partial charge < -0.3 is 24.1 Å². The van der Waals surface area contributed by atoms with Crippen molar-refractivity contribution in [1.82, 2.24) is 4.90 Å². The zero-order valence-corrected chi connectivity index (χ0v) is 18.7. The molecule has 2 aromatic carbocycles. The fraction of sp³-hybridized carbons (Fsp3) is 0.200. The lowest BCUT2D eigenvalue weighted by Crippen LogP contribution is -2.45. The van der Waals surface area contributed by atoms with Crippen molar-refractivity contribution in [1.29, 1.82) is 0 Å². The predicted molar refractivity (Wildman–Crippen MR) is 123 cm³/mol. The van der Waals surface area contributed by atoms with E-state index in [1.807, 2.05) is 0 Å². The normalized spacial score (nSPS) is 16.5. The monoisotopic (exact) mass is 475 g/mol. The first-order valence-corrected chi connectivity index (χ1v) is 10.9. The first kappa shape index (κ1) is 22.2. The third-order valence-corrected chi connectivity index (χ3v) is 5.73. The smallest absolute Gasteiger partial charge is 0.290 e. The van der Waals surface area contributed by atoms with Gasteiger partial charge in [-0.05, 0) is 54.1 Å². The van der Waals surface area contributed by atoms with E-state index < -0.39 is 23.8 Å². The Balaban J connectivity index is 1.43. The van der Waals surface area contributed by atoms with E-state index in [2.05, 4.69) is 5.32 Å². The van der Waals surface area contributed by atoms with Gasteiger partial charge in [-0.25, -0.2) is 4.90 Å². The number of hydrogen-bond donors (Lipinski definition) is 1. The average molecular weight is 475 g/mol. The minimum atomic E-state index is -1.03. The summed E-state index contributed by atoms with van der Waals surface area (Å²) in [5.41, 5.74) is 1.59. The molecule has 0 spiro atoms. The van der Waals surface area contributed by atoms with Gasteiger partial charge in [-0.1, -0.05) is 6.07 Å². The summed E-state index contributed by atoms with van der Waals surface area (Å²) in [4.78, 5) is 53.3. The number of imide groups is 1. The number of furan rings is 1. The third kappa shape index (κ3) is 4.33. The van der Waals surface area contributed by atoms with Gasteiger partial charge in [0.1, 0.15) is 6.04 Å². The number of hydrogen-bond acceptors (Lipinski definition) is 7. The molecule has 1 atom stereocenters. The van der Waals surface area contributed by atoms with E-state index in [1.165, 1.54) is 24.2 Å². The van der Waals surface area contributed by atoms with E-state index in [0.29, 0.717) is 28.4 Å². The van der Waals surface area contributed by atoms with Gasteiger partial charge in [0.05, 0.1) is 18.4 Å². The van der Waals surface area contributed by atoms with Gasteiger partial charge in [0.15, 0.2) is 17.3 Å². The largest absolute Gasteiger partial charge is 0.459 e. The molecule has 0 saturated carbocycles. The minimum absolute atomic E-state index is 0.0508. The second-order valence-electron chi connectivity index (χ2n) is 8.11. The number of amides is 4. The molecule has 1 N–H and O–H groups in total. The Kier molecular flexibility index (Phi) is 5.69. The molecule has 2 aliphatic rings. The van der Waals surface area contributed by atoms with Crippen molar-refractivity contribution in [2.24, 2.45) is 0 Å². The van der Waals surface area contributed by atoms with Crippen molar-refractivity contribution in [2.45, 2.75) is 25.9 Å². The highest BCUT2D eigenvalue weighted by Gasteiger charge is 2.45. The number of anilines is 2. The van der Waals surface area contributed by atoms with Gasteiger partial charge in [0.2, 0.25) is 18.6 Å². The number of carbonyl (C=O) groups excluding carboxylic acids is 4. The molecule has 2 aliphatic heterocycles. The number of nitrogens with zero attached hydrogens (tertiary/aromatic N) is 2. The van der Waals surface area contributed by atoms with Crippen molar-refractivity contribution < 1.29 is 33.1 Å². The molecule has 0 bridgehead atoms. The second kappa shape index (κ2) is 8.98. The summed E-state index contributed by atoms with van der Waals surface area (Å²) in [6.45, 7) is 1.55. The number of fused-ring (bicyclic) bond motifs is 1. The number of nitrogens with one attached hydrogen (secondary N) is 1. The molecule has 3 heterocycles. The summed E-state index contributed by atoms with van der Waals surface area (Å²) < 4.78 is 16.1. The number of ether oxygens (including phenoxy) is 2. The highest BCUT2D eigenvalue weighted by Crippen LogP contribution is 2.34. The Bertz CT molecular complexity index is 1300. The number of rotatable bonds is 6. The lowest BCUT2D eigenvalue weighted by molar-refractivity contribution is -0.122. The molecule has 1 unspecified atom stereocenters. The van der Waals surface area contributed by atoms with E-state index in [0.717, 1.165) is 4.90 Å². The van der Waals surface area contributed by atoms with Gasteiger partial charge in [0, 0.05) is 19.2 Å². The quantitative estimate of drug-likeness (QED) is 0.545. The van der Waals surface area contributed by atoms with Gasteiger partial charge in [-0.3, -0.25) is 19.2 Å². The fourth-order valence-electron chi connectivity index (χ4n) is 4.13. The molecule has 178 valence electrons. The predicted octanol–water partition coefficient (Wildman–Crippen LogP) is 2.94. The van der Waals surface area contributed by atoms with Crippen molar-refractivity contribution in [3.05, 3.63) is 72.2 Å². The summed E-state index contributed by atoms with van der Waals surface area (Å²) >= 11 is 0. The Morgan fingerprint density at radius 2 is 1.83 bits per heavy atom. The molecule has 1 fully saturated rings. The average Bonchev–Trinajstić information content (AvgIpc) is 3.58. The lowest BCUT2D eigenvalue weighted by Gasteiger charge is -2.27. The molecule has 0 aliphatic carbocycles. The maximum atomic E-state index is 13.4. The van der Waals surface area contributed by atoms with Gasteiger partial charge >= 0.3 is 0 Å². The van der Waals surface area contributed by atoms with Gasteiger partial charge in [-0.2, -0.15) is 0 Å². The molecule has 35 heavy (non-hydrogen) atoms. The van der Waals surface area contributed by atoms with Crippen molar-refractivity contribution in [3.63, 3.8) is 0 Å². The highest BCUT2D eigenvalue weighted by atomic mass is 16.7. The van der Waals surface area contributed by atoms with Crippen LogP contribution in [0.3, 0.4) is 0 Å². The lowest BCUT2D eigenvalue weighted by atomic mass is 10.1. The minimum Gasteiger partial charge on any atom is -0.459 e. The van der Waals surface area contributed by atoms with E-state index in [1.54, 1.807) is 48.5 Å². The van der Waals surface area contributed by atoms with Crippen LogP contribution in [0.25, 0.3) is 0 Å². The van der Waals surface area contributed by atoms with Crippen LogP contribution >= 0.6 is 0 Å². The molecule has 4 amide bonds. The molecule has 1 saturated heterocycles. The Hall–Kier alpha value is -4.60. The van der Waals surface area contributed by atoms with Crippen LogP contribution in [0.1, 0.15) is 29.5 Å². The summed E-state index contributed by atoms with van der Waals surface area (Å²) in [7, 11) is 0. The highest BCUT2D eigenvalue weighted by molar-refractivity contribution is 6.23. The summed E-state index contributed by atoms with van der Waals surface area (Å²) in [5, 5.41) is 2.64. The maximum absolute atomic E-state index is 13.4. The molecule has 1 aromatic heterocycles. The standard InChI is InChI=1S/C25H21N3O7/c1-15(29)26-17-5-7-18(8-6-17)28-23(30)12-19(24(28)31)27(25(32)21-3-2-10-33-21)13-16-4-9-20-22(11-16)35-14-34-20/h2-11,19H,12-14H2,1H3,(H,26,29). The molecule has 3 aromatic rings. The Labute approximate surface area is 200 Å². The molecule has 10 nitrogen and oxygen atoms in total. The van der Waals surface area contributed by atoms with Gasteiger partial charge in [-0.15, -0.1) is 0 Å². The molecule has 10 heteroatoms. The fourth-order valence-corrected chi connectivity index (χ4v) is 4.13. The first-order chi connectivity index (χ1) is 16.9. The summed E-state index contributed by atoms with van der Waals surface area (Å²) in [6, 6.07) is 13.6. The van der Waals surface area contributed by atoms with Crippen molar-refractivity contribution in [3.8, 4) is 11.5 Å². The van der Waals surface area contributed by atoms with Crippen LogP contribution in [0.2, 0.25) is 0 Å². The van der Waals surface area contributed by atoms with E-state index >= 15 is 0 Å². The zero-order chi connectivity index (χ0) is 24.5. The van der Waals surface area contributed by atoms with Crippen LogP contribution in [0.5, 0.6) is 11.5 Å². The first-order valence-electron chi connectivity index (χ1n) is 10.9. The van der Waals surface area contributed by atoms with Gasteiger partial charge in [0.25, 0.3) is 11.8 Å². The molecular formula is C25H21N3O7.